The molecule has 0 spiro atoms. The highest BCUT2D eigenvalue weighted by Crippen LogP contribution is 2.46. The normalized spacial score (nSPS) is 11.7. The lowest BCUT2D eigenvalue weighted by Crippen LogP contribution is -1.80. The average Bonchev–Trinajstić information content (AvgIpc) is 3.55. The third kappa shape index (κ3) is 3.72. The Balaban J connectivity index is 1.19. The second-order valence-electron chi connectivity index (χ2n) is 10.3. The van der Waals surface area contributed by atoms with Gasteiger partial charge in [0, 0.05) is 20.2 Å². The van der Waals surface area contributed by atoms with Crippen molar-refractivity contribution in [2.24, 2.45) is 0 Å². The first-order valence-corrected chi connectivity index (χ1v) is 15.0. The Morgan fingerprint density at radius 3 is 1.23 bits per heavy atom. The molecule has 0 saturated carbocycles. The quantitative estimate of drug-likeness (QED) is 0.207. The van der Waals surface area contributed by atoms with Crippen LogP contribution in [0.4, 0.5) is 0 Å². The van der Waals surface area contributed by atoms with E-state index in [1.165, 1.54) is 73.4 Å². The molecule has 2 heteroatoms. The van der Waals surface area contributed by atoms with Crippen molar-refractivity contribution in [1.82, 2.24) is 0 Å². The first-order chi connectivity index (χ1) is 19.7. The topological polar surface area (TPSA) is 0 Å². The second kappa shape index (κ2) is 9.02. The van der Waals surface area contributed by atoms with Crippen LogP contribution < -0.4 is 0 Å². The highest BCUT2D eigenvalue weighted by Gasteiger charge is 2.14. The molecule has 8 aromatic rings. The monoisotopic (exact) mass is 544 g/mol. The average molecular weight is 545 g/mol. The van der Waals surface area contributed by atoms with Gasteiger partial charge in [0.05, 0.1) is 9.40 Å². The zero-order valence-electron chi connectivity index (χ0n) is 21.8. The second-order valence-corrected chi connectivity index (χ2v) is 12.4. The largest absolute Gasteiger partial charge is 0.134 e. The number of rotatable bonds is 4. The van der Waals surface area contributed by atoms with Gasteiger partial charge in [0.15, 0.2) is 0 Å². The van der Waals surface area contributed by atoms with Crippen molar-refractivity contribution < 1.29 is 0 Å². The van der Waals surface area contributed by atoms with Gasteiger partial charge in [-0.25, -0.2) is 0 Å². The Labute approximate surface area is 240 Å². The van der Waals surface area contributed by atoms with Gasteiger partial charge in [-0.05, 0) is 91.3 Å². The molecule has 0 aliphatic carbocycles. The van der Waals surface area contributed by atoms with Crippen LogP contribution in [-0.2, 0) is 0 Å². The molecule has 0 fully saturated rings. The number of thiophene rings is 2. The molecule has 0 nitrogen and oxygen atoms in total. The highest BCUT2D eigenvalue weighted by atomic mass is 32.1. The summed E-state index contributed by atoms with van der Waals surface area (Å²) < 4.78 is 5.48. The maximum Gasteiger partial charge on any atom is 0.0542 e. The van der Waals surface area contributed by atoms with Crippen molar-refractivity contribution in [1.29, 1.82) is 0 Å². The molecule has 6 aromatic carbocycles. The van der Waals surface area contributed by atoms with Crippen molar-refractivity contribution in [2.75, 3.05) is 0 Å². The zero-order chi connectivity index (χ0) is 26.8. The van der Waals surface area contributed by atoms with Crippen LogP contribution in [0, 0.1) is 0 Å². The van der Waals surface area contributed by atoms with Crippen LogP contribution in [0.2, 0.25) is 0 Å². The van der Waals surface area contributed by atoms with Gasteiger partial charge in [0.2, 0.25) is 0 Å². The summed E-state index contributed by atoms with van der Waals surface area (Å²) in [6.45, 7) is 7.79. The number of fused-ring (bicyclic) bond motifs is 7. The molecule has 0 unspecified atom stereocenters. The molecule has 8 rings (SSSR count). The van der Waals surface area contributed by atoms with Crippen molar-refractivity contribution in [3.05, 3.63) is 133 Å². The smallest absolute Gasteiger partial charge is 0.0542 e. The summed E-state index contributed by atoms with van der Waals surface area (Å²) in [6.07, 6.45) is 3.80. The molecule has 0 bridgehead atoms. The van der Waals surface area contributed by atoms with E-state index in [0.29, 0.717) is 0 Å². The fourth-order valence-corrected chi connectivity index (χ4v) is 8.49. The fraction of sp³-hybridized carbons (Fsp3) is 0. The molecule has 0 aliphatic rings. The van der Waals surface area contributed by atoms with Crippen LogP contribution in [0.1, 0.15) is 11.1 Å². The Kier molecular flexibility index (Phi) is 5.28. The highest BCUT2D eigenvalue weighted by molar-refractivity contribution is 7.36. The van der Waals surface area contributed by atoms with Gasteiger partial charge in [-0.2, -0.15) is 0 Å². The molecule has 0 saturated heterocycles. The number of hydrogen-bond acceptors (Lipinski definition) is 2. The lowest BCUT2D eigenvalue weighted by Gasteiger charge is -2.06. The van der Waals surface area contributed by atoms with E-state index in [4.69, 9.17) is 0 Å². The minimum Gasteiger partial charge on any atom is -0.134 e. The minimum atomic E-state index is 1.15. The van der Waals surface area contributed by atoms with Crippen LogP contribution >= 0.6 is 22.7 Å². The van der Waals surface area contributed by atoms with Crippen LogP contribution in [0.25, 0.3) is 85.5 Å². The van der Waals surface area contributed by atoms with Gasteiger partial charge in [-0.15, -0.1) is 22.7 Å². The summed E-state index contributed by atoms with van der Waals surface area (Å²) in [5, 5.41) is 7.71. The molecule has 0 amide bonds. The molecule has 0 aliphatic heterocycles. The molecule has 0 radical (unpaired) electrons. The lowest BCUT2D eigenvalue weighted by atomic mass is 9.99. The molecule has 2 heterocycles. The zero-order valence-corrected chi connectivity index (χ0v) is 23.4. The molecular formula is C38H24S2. The summed E-state index contributed by atoms with van der Waals surface area (Å²) in [7, 11) is 0. The summed E-state index contributed by atoms with van der Waals surface area (Å²) in [5.74, 6) is 0. The van der Waals surface area contributed by atoms with Crippen molar-refractivity contribution in [3.63, 3.8) is 0 Å². The molecule has 188 valence electrons. The minimum absolute atomic E-state index is 1.15. The fourth-order valence-electron chi connectivity index (χ4n) is 5.76. The van der Waals surface area contributed by atoms with E-state index >= 15 is 0 Å². The molecular weight excluding hydrogens is 521 g/mol. The van der Waals surface area contributed by atoms with Crippen LogP contribution in [0.3, 0.4) is 0 Å². The first kappa shape index (κ1) is 23.4. The van der Waals surface area contributed by atoms with Crippen molar-refractivity contribution in [2.45, 2.75) is 0 Å². The summed E-state index contributed by atoms with van der Waals surface area (Å²) in [4.78, 5) is 0. The van der Waals surface area contributed by atoms with Gasteiger partial charge in [0.25, 0.3) is 0 Å². The van der Waals surface area contributed by atoms with Gasteiger partial charge in [-0.3, -0.25) is 0 Å². The van der Waals surface area contributed by atoms with E-state index in [2.05, 4.69) is 122 Å². The Bertz CT molecular complexity index is 2140. The van der Waals surface area contributed by atoms with Gasteiger partial charge in [0.1, 0.15) is 0 Å². The van der Waals surface area contributed by atoms with Crippen molar-refractivity contribution in [3.8, 4) is 22.3 Å². The van der Waals surface area contributed by atoms with Crippen LogP contribution in [0.15, 0.2) is 122 Å². The van der Waals surface area contributed by atoms with E-state index in [1.807, 2.05) is 34.8 Å². The Morgan fingerprint density at radius 2 is 0.775 bits per heavy atom. The van der Waals surface area contributed by atoms with Gasteiger partial charge < -0.3 is 0 Å². The molecule has 0 atom stereocenters. The van der Waals surface area contributed by atoms with E-state index in [0.717, 1.165) is 11.1 Å². The summed E-state index contributed by atoms with van der Waals surface area (Å²) in [6, 6.07) is 40.4. The van der Waals surface area contributed by atoms with Gasteiger partial charge in [-0.1, -0.05) is 98.1 Å². The van der Waals surface area contributed by atoms with E-state index in [-0.39, 0.29) is 0 Å². The van der Waals surface area contributed by atoms with Gasteiger partial charge >= 0.3 is 0 Å². The lowest BCUT2D eigenvalue weighted by molar-refractivity contribution is 1.68. The van der Waals surface area contributed by atoms with Crippen LogP contribution in [0.5, 0.6) is 0 Å². The predicted octanol–water partition coefficient (Wildman–Crippen LogP) is 12.2. The van der Waals surface area contributed by atoms with E-state index in [9.17, 15) is 0 Å². The molecule has 0 N–H and O–H groups in total. The molecule has 2 aromatic heterocycles. The number of hydrogen-bond donors (Lipinski definition) is 0. The predicted molar refractivity (Wildman–Crippen MR) is 181 cm³/mol. The SMILES string of the molecule is C=Cc1ccc2cc(-c3ccc4c(c3)sc3c5ccc(-c6ccc7cc(C=C)ccc7c6)cc5sc43)ccc2c1. The van der Waals surface area contributed by atoms with E-state index < -0.39 is 0 Å². The number of benzene rings is 6. The molecule has 40 heavy (non-hydrogen) atoms. The standard InChI is InChI=1S/C38H24S2/c1-3-23-5-7-27-19-29(11-9-25(27)17-23)31-13-15-33-35(21-31)39-38-34-16-14-32(22-36(34)40-37(33)38)30-12-10-26-18-24(4-2)6-8-28(26)20-30/h3-22H,1-2H2. The Morgan fingerprint density at radius 1 is 0.400 bits per heavy atom. The summed E-state index contributed by atoms with van der Waals surface area (Å²) >= 11 is 3.83. The maximum atomic E-state index is 3.90. The third-order valence-electron chi connectivity index (χ3n) is 7.95. The maximum absolute atomic E-state index is 3.90. The first-order valence-electron chi connectivity index (χ1n) is 13.4. The third-order valence-corrected chi connectivity index (χ3v) is 10.5. The van der Waals surface area contributed by atoms with Crippen LogP contribution in [-0.4, -0.2) is 0 Å². The summed E-state index contributed by atoms with van der Waals surface area (Å²) in [5.41, 5.74) is 7.34. The van der Waals surface area contributed by atoms with Crippen molar-refractivity contribution >= 4 is 85.9 Å². The Hall–Kier alpha value is -4.50. The van der Waals surface area contributed by atoms with E-state index in [1.54, 1.807) is 0 Å².